The molecule has 3 amide bonds. The number of hydrogen-bond acceptors (Lipinski definition) is 3. The smallest absolute Gasteiger partial charge is 0.312 e. The van der Waals surface area contributed by atoms with Gasteiger partial charge in [0.2, 0.25) is 5.91 Å². The van der Waals surface area contributed by atoms with E-state index >= 15 is 0 Å². The van der Waals surface area contributed by atoms with Crippen molar-refractivity contribution >= 4 is 29.0 Å². The van der Waals surface area contributed by atoms with Crippen LogP contribution in [-0.4, -0.2) is 18.0 Å². The van der Waals surface area contributed by atoms with Crippen LogP contribution in [0.5, 0.6) is 0 Å². The van der Waals surface area contributed by atoms with Gasteiger partial charge in [0.05, 0.1) is 12.5 Å². The first-order valence-corrected chi connectivity index (χ1v) is 8.43. The number of nitrogens with zero attached hydrogens (tertiary/aromatic N) is 1. The summed E-state index contributed by atoms with van der Waals surface area (Å²) in [4.78, 5) is 26.9. The molecule has 0 radical (unpaired) electrons. The fraction of sp³-hybridized carbons (Fsp3) is 0.294. The predicted molar refractivity (Wildman–Crippen MR) is 91.5 cm³/mol. The van der Waals surface area contributed by atoms with Gasteiger partial charge in [-0.15, -0.1) is 11.3 Å². The van der Waals surface area contributed by atoms with Crippen molar-refractivity contribution in [2.75, 3.05) is 4.90 Å². The number of nitrogens with two attached hydrogens (primary N) is 1. The molecule has 0 aliphatic carbocycles. The molecule has 1 aliphatic rings. The summed E-state index contributed by atoms with van der Waals surface area (Å²) in [6, 6.07) is 10.9. The number of amides is 3. The van der Waals surface area contributed by atoms with Crippen molar-refractivity contribution in [2.24, 2.45) is 5.73 Å². The summed E-state index contributed by atoms with van der Waals surface area (Å²) < 4.78 is 0. The Morgan fingerprint density at radius 2 is 2.13 bits per heavy atom. The number of rotatable bonds is 4. The molecule has 2 atom stereocenters. The minimum atomic E-state index is -0.619. The minimum absolute atomic E-state index is 0.00500. The van der Waals surface area contributed by atoms with Gasteiger partial charge in [0.25, 0.3) is 0 Å². The van der Waals surface area contributed by atoms with Gasteiger partial charge in [0, 0.05) is 16.6 Å². The lowest BCUT2D eigenvalue weighted by atomic mass is 10.1. The standard InChI is InChI=1S/C17H19N3O2S/c1-11-9-12-5-2-3-6-14(12)20(11)16(21)10-13(19-17(18)22)15-7-4-8-23-15/h2-8,11,13H,9-10H2,1H3,(H3,18,19,22). The van der Waals surface area contributed by atoms with Crippen LogP contribution in [-0.2, 0) is 11.2 Å². The molecule has 5 nitrogen and oxygen atoms in total. The normalized spacial score (nSPS) is 17.6. The molecule has 120 valence electrons. The number of primary amides is 1. The van der Waals surface area contributed by atoms with Crippen LogP contribution in [0.3, 0.4) is 0 Å². The Labute approximate surface area is 139 Å². The van der Waals surface area contributed by atoms with Crippen LogP contribution >= 0.6 is 11.3 Å². The Morgan fingerprint density at radius 1 is 1.35 bits per heavy atom. The quantitative estimate of drug-likeness (QED) is 0.905. The summed E-state index contributed by atoms with van der Waals surface area (Å²) in [7, 11) is 0. The van der Waals surface area contributed by atoms with E-state index in [9.17, 15) is 9.59 Å². The van der Waals surface area contributed by atoms with E-state index in [1.165, 1.54) is 16.9 Å². The number of benzene rings is 1. The molecule has 1 aliphatic heterocycles. The molecule has 1 aromatic carbocycles. The third kappa shape index (κ3) is 3.22. The van der Waals surface area contributed by atoms with E-state index in [2.05, 4.69) is 11.4 Å². The van der Waals surface area contributed by atoms with Crippen molar-refractivity contribution < 1.29 is 9.59 Å². The molecule has 0 saturated heterocycles. The highest BCUT2D eigenvalue weighted by Crippen LogP contribution is 2.33. The second-order valence-corrected chi connectivity index (χ2v) is 6.71. The molecular formula is C17H19N3O2S. The van der Waals surface area contributed by atoms with Gasteiger partial charge in [-0.2, -0.15) is 0 Å². The van der Waals surface area contributed by atoms with Crippen LogP contribution < -0.4 is 16.0 Å². The minimum Gasteiger partial charge on any atom is -0.352 e. The van der Waals surface area contributed by atoms with Crippen LogP contribution in [0.15, 0.2) is 41.8 Å². The average molecular weight is 329 g/mol. The van der Waals surface area contributed by atoms with Crippen LogP contribution in [0.4, 0.5) is 10.5 Å². The van der Waals surface area contributed by atoms with Gasteiger partial charge in [0.1, 0.15) is 0 Å². The maximum Gasteiger partial charge on any atom is 0.312 e. The van der Waals surface area contributed by atoms with Crippen LogP contribution in [0.1, 0.15) is 29.8 Å². The number of hydrogen-bond donors (Lipinski definition) is 2. The molecule has 3 rings (SSSR count). The Hall–Kier alpha value is -2.34. The summed E-state index contributed by atoms with van der Waals surface area (Å²) in [6.07, 6.45) is 1.05. The largest absolute Gasteiger partial charge is 0.352 e. The first-order chi connectivity index (χ1) is 11.1. The van der Waals surface area contributed by atoms with Crippen molar-refractivity contribution in [3.63, 3.8) is 0 Å². The molecule has 2 unspecified atom stereocenters. The molecule has 0 spiro atoms. The molecule has 0 fully saturated rings. The van der Waals surface area contributed by atoms with E-state index < -0.39 is 6.03 Å². The molecule has 2 heterocycles. The first kappa shape index (κ1) is 15.6. The number of thiophene rings is 1. The van der Waals surface area contributed by atoms with E-state index in [1.807, 2.05) is 47.5 Å². The van der Waals surface area contributed by atoms with Crippen LogP contribution in [0.2, 0.25) is 0 Å². The van der Waals surface area contributed by atoms with Crippen molar-refractivity contribution in [2.45, 2.75) is 31.8 Å². The number of carbonyl (C=O) groups excluding carboxylic acids is 2. The van der Waals surface area contributed by atoms with E-state index in [0.29, 0.717) is 0 Å². The number of anilines is 1. The average Bonchev–Trinajstić information content (AvgIpc) is 3.12. The topological polar surface area (TPSA) is 75.4 Å². The van der Waals surface area contributed by atoms with Gasteiger partial charge in [-0.25, -0.2) is 4.79 Å². The third-order valence-corrected chi connectivity index (χ3v) is 5.04. The second kappa shape index (κ2) is 6.42. The lowest BCUT2D eigenvalue weighted by molar-refractivity contribution is -0.119. The number of fused-ring (bicyclic) bond motifs is 1. The maximum absolute atomic E-state index is 12.8. The summed E-state index contributed by atoms with van der Waals surface area (Å²) in [6.45, 7) is 2.04. The van der Waals surface area contributed by atoms with Crippen molar-refractivity contribution in [3.8, 4) is 0 Å². The van der Waals surface area contributed by atoms with Crippen molar-refractivity contribution in [1.29, 1.82) is 0 Å². The Morgan fingerprint density at radius 3 is 2.83 bits per heavy atom. The molecular weight excluding hydrogens is 310 g/mol. The highest BCUT2D eigenvalue weighted by molar-refractivity contribution is 7.10. The molecule has 1 aromatic heterocycles. The van der Waals surface area contributed by atoms with Crippen molar-refractivity contribution in [3.05, 3.63) is 52.2 Å². The monoisotopic (exact) mass is 329 g/mol. The summed E-state index contributed by atoms with van der Waals surface area (Å²) in [5.41, 5.74) is 7.41. The van der Waals surface area contributed by atoms with Gasteiger partial charge in [-0.05, 0) is 36.4 Å². The molecule has 6 heteroatoms. The van der Waals surface area contributed by atoms with Crippen molar-refractivity contribution in [1.82, 2.24) is 5.32 Å². The van der Waals surface area contributed by atoms with E-state index in [0.717, 1.165) is 17.0 Å². The lowest BCUT2D eigenvalue weighted by Crippen LogP contribution is -2.40. The Kier molecular flexibility index (Phi) is 4.34. The van der Waals surface area contributed by atoms with Gasteiger partial charge in [-0.1, -0.05) is 24.3 Å². The Bertz CT molecular complexity index is 714. The van der Waals surface area contributed by atoms with Crippen LogP contribution in [0.25, 0.3) is 0 Å². The SMILES string of the molecule is CC1Cc2ccccc2N1C(=O)CC(NC(N)=O)c1cccs1. The zero-order chi connectivity index (χ0) is 16.4. The van der Waals surface area contributed by atoms with E-state index in [-0.39, 0.29) is 24.4 Å². The number of nitrogens with one attached hydrogen (secondary N) is 1. The zero-order valence-electron chi connectivity index (χ0n) is 12.9. The fourth-order valence-electron chi connectivity index (χ4n) is 3.10. The van der Waals surface area contributed by atoms with Crippen LogP contribution in [0, 0.1) is 0 Å². The maximum atomic E-state index is 12.8. The molecule has 2 aromatic rings. The molecule has 0 saturated carbocycles. The number of para-hydroxylation sites is 1. The molecule has 3 N–H and O–H groups in total. The van der Waals surface area contributed by atoms with Gasteiger partial charge in [-0.3, -0.25) is 4.79 Å². The lowest BCUT2D eigenvalue weighted by Gasteiger charge is -2.25. The first-order valence-electron chi connectivity index (χ1n) is 7.55. The Balaban J connectivity index is 1.81. The summed E-state index contributed by atoms with van der Waals surface area (Å²) in [5, 5.41) is 4.60. The summed E-state index contributed by atoms with van der Waals surface area (Å²) >= 11 is 1.50. The summed E-state index contributed by atoms with van der Waals surface area (Å²) in [5.74, 6) is -0.00500. The highest BCUT2D eigenvalue weighted by Gasteiger charge is 2.32. The van der Waals surface area contributed by atoms with Gasteiger partial charge in [0.15, 0.2) is 0 Å². The molecule has 0 bridgehead atoms. The second-order valence-electron chi connectivity index (χ2n) is 5.73. The molecule has 23 heavy (non-hydrogen) atoms. The van der Waals surface area contributed by atoms with Gasteiger partial charge < -0.3 is 16.0 Å². The highest BCUT2D eigenvalue weighted by atomic mass is 32.1. The van der Waals surface area contributed by atoms with Gasteiger partial charge >= 0.3 is 6.03 Å². The number of urea groups is 1. The fourth-order valence-corrected chi connectivity index (χ4v) is 3.88. The number of carbonyl (C=O) groups is 2. The predicted octanol–water partition coefficient (Wildman–Crippen LogP) is 2.83. The van der Waals surface area contributed by atoms with E-state index in [1.54, 1.807) is 0 Å². The third-order valence-electron chi connectivity index (χ3n) is 4.06. The van der Waals surface area contributed by atoms with E-state index in [4.69, 9.17) is 5.73 Å². The zero-order valence-corrected chi connectivity index (χ0v) is 13.7.